The maximum absolute atomic E-state index is 12.4. The lowest BCUT2D eigenvalue weighted by molar-refractivity contribution is -0.384. The molecule has 138 valence electrons. The molecule has 1 aromatic heterocycles. The van der Waals surface area contributed by atoms with Crippen molar-refractivity contribution in [3.63, 3.8) is 0 Å². The van der Waals surface area contributed by atoms with Crippen LogP contribution in [0, 0.1) is 29.9 Å². The number of hydrogen-bond donors (Lipinski definition) is 1. The highest BCUT2D eigenvalue weighted by Crippen LogP contribution is 2.36. The van der Waals surface area contributed by atoms with E-state index in [-0.39, 0.29) is 17.5 Å². The Morgan fingerprint density at radius 3 is 2.58 bits per heavy atom. The molecular weight excluding hydrogens is 360 g/mol. The summed E-state index contributed by atoms with van der Waals surface area (Å²) in [6.07, 6.45) is 1.32. The highest BCUT2D eigenvalue weighted by atomic mass is 35.5. The molecule has 2 aromatic rings. The second-order valence-electron chi connectivity index (χ2n) is 6.42. The number of hydrogen-bond acceptors (Lipinski definition) is 6. The Labute approximate surface area is 155 Å². The van der Waals surface area contributed by atoms with Gasteiger partial charge in [0.05, 0.1) is 15.6 Å². The van der Waals surface area contributed by atoms with Gasteiger partial charge in [-0.2, -0.15) is 0 Å². The van der Waals surface area contributed by atoms with Crippen molar-refractivity contribution in [2.24, 2.45) is 5.92 Å². The van der Waals surface area contributed by atoms with E-state index in [4.69, 9.17) is 16.1 Å². The lowest BCUT2D eigenvalue weighted by atomic mass is 9.95. The van der Waals surface area contributed by atoms with Gasteiger partial charge in [0.1, 0.15) is 5.76 Å². The fourth-order valence-corrected chi connectivity index (χ4v) is 3.62. The highest BCUT2D eigenvalue weighted by Gasteiger charge is 2.28. The number of nitro benzene ring substituents is 1. The molecule has 0 bridgehead atoms. The van der Waals surface area contributed by atoms with Gasteiger partial charge >= 0.3 is 0 Å². The van der Waals surface area contributed by atoms with Crippen LogP contribution in [0.3, 0.4) is 0 Å². The van der Waals surface area contributed by atoms with Gasteiger partial charge in [-0.1, -0.05) is 16.8 Å². The third-order valence-corrected chi connectivity index (χ3v) is 4.80. The Kier molecular flexibility index (Phi) is 5.13. The molecule has 0 saturated carbocycles. The number of rotatable bonds is 4. The summed E-state index contributed by atoms with van der Waals surface area (Å²) in [6.45, 7) is 4.86. The molecule has 9 heteroatoms. The SMILES string of the molecule is Cc1cc(NC(=O)C2CCN(c3c(C)cc([N+](=O)[O-])cc3Cl)CC2)no1. The van der Waals surface area contributed by atoms with Crippen LogP contribution in [0.4, 0.5) is 17.2 Å². The number of piperidine rings is 1. The number of carbonyl (C=O) groups is 1. The van der Waals surface area contributed by atoms with Gasteiger partial charge in [-0.3, -0.25) is 14.9 Å². The number of benzene rings is 1. The summed E-state index contributed by atoms with van der Waals surface area (Å²) in [4.78, 5) is 24.9. The highest BCUT2D eigenvalue weighted by molar-refractivity contribution is 6.33. The van der Waals surface area contributed by atoms with Crippen molar-refractivity contribution in [2.75, 3.05) is 23.3 Å². The van der Waals surface area contributed by atoms with E-state index in [9.17, 15) is 14.9 Å². The number of nitro groups is 1. The van der Waals surface area contributed by atoms with Crippen LogP contribution in [0.5, 0.6) is 0 Å². The number of aryl methyl sites for hydroxylation is 2. The van der Waals surface area contributed by atoms with E-state index >= 15 is 0 Å². The first kappa shape index (κ1) is 18.2. The van der Waals surface area contributed by atoms with E-state index in [1.54, 1.807) is 19.9 Å². The maximum Gasteiger partial charge on any atom is 0.271 e. The minimum atomic E-state index is -0.454. The summed E-state index contributed by atoms with van der Waals surface area (Å²) in [7, 11) is 0. The first-order valence-corrected chi connectivity index (χ1v) is 8.66. The quantitative estimate of drug-likeness (QED) is 0.642. The van der Waals surface area contributed by atoms with Gasteiger partial charge in [0.15, 0.2) is 5.82 Å². The van der Waals surface area contributed by atoms with Crippen molar-refractivity contribution in [1.82, 2.24) is 5.16 Å². The zero-order valence-electron chi connectivity index (χ0n) is 14.5. The number of nitrogens with one attached hydrogen (secondary N) is 1. The number of carbonyl (C=O) groups excluding carboxylic acids is 1. The van der Waals surface area contributed by atoms with Gasteiger partial charge in [0.2, 0.25) is 5.91 Å². The molecule has 1 saturated heterocycles. The molecule has 8 nitrogen and oxygen atoms in total. The van der Waals surface area contributed by atoms with Crippen LogP contribution in [0.15, 0.2) is 22.7 Å². The van der Waals surface area contributed by atoms with Crippen LogP contribution in [0.25, 0.3) is 0 Å². The van der Waals surface area contributed by atoms with Crippen LogP contribution in [0.2, 0.25) is 5.02 Å². The Morgan fingerprint density at radius 2 is 2.04 bits per heavy atom. The van der Waals surface area contributed by atoms with Gasteiger partial charge in [0, 0.05) is 37.2 Å². The Bertz CT molecular complexity index is 820. The predicted molar refractivity (Wildman–Crippen MR) is 97.7 cm³/mol. The lowest BCUT2D eigenvalue weighted by Crippen LogP contribution is -2.38. The summed E-state index contributed by atoms with van der Waals surface area (Å²) >= 11 is 6.28. The topological polar surface area (TPSA) is 102 Å². The van der Waals surface area contributed by atoms with Gasteiger partial charge in [0.25, 0.3) is 5.69 Å². The third kappa shape index (κ3) is 3.80. The average Bonchev–Trinajstić information content (AvgIpc) is 2.99. The fourth-order valence-electron chi connectivity index (χ4n) is 3.24. The largest absolute Gasteiger partial charge is 0.370 e. The van der Waals surface area contributed by atoms with Crippen LogP contribution >= 0.6 is 11.6 Å². The molecule has 1 aromatic carbocycles. The number of amides is 1. The number of anilines is 2. The van der Waals surface area contributed by atoms with Crippen LogP contribution < -0.4 is 10.2 Å². The summed E-state index contributed by atoms with van der Waals surface area (Å²) < 4.78 is 4.94. The van der Waals surface area contributed by atoms with Crippen LogP contribution in [-0.2, 0) is 4.79 Å². The Balaban J connectivity index is 1.65. The molecule has 1 aliphatic rings. The van der Waals surface area contributed by atoms with Crippen LogP contribution in [-0.4, -0.2) is 29.1 Å². The summed E-state index contributed by atoms with van der Waals surface area (Å²) in [6, 6.07) is 4.57. The standard InChI is InChI=1S/C17H19ClN4O4/c1-10-7-13(22(24)25)9-14(18)16(10)21-5-3-12(4-6-21)17(23)19-15-8-11(2)26-20-15/h7-9,12H,3-6H2,1-2H3,(H,19,20,23). The van der Waals surface area contributed by atoms with E-state index in [2.05, 4.69) is 15.4 Å². The zero-order valence-corrected chi connectivity index (χ0v) is 15.2. The molecule has 1 aliphatic heterocycles. The minimum absolute atomic E-state index is 0.0200. The third-order valence-electron chi connectivity index (χ3n) is 4.51. The van der Waals surface area contributed by atoms with E-state index in [0.29, 0.717) is 42.5 Å². The molecule has 2 heterocycles. The van der Waals surface area contributed by atoms with Crippen molar-refractivity contribution in [3.05, 3.63) is 44.7 Å². The number of nitrogens with zero attached hydrogens (tertiary/aromatic N) is 3. The van der Waals surface area contributed by atoms with Crippen LogP contribution in [0.1, 0.15) is 24.2 Å². The summed E-state index contributed by atoms with van der Waals surface area (Å²) in [5, 5.41) is 17.8. The van der Waals surface area contributed by atoms with Crippen molar-refractivity contribution < 1.29 is 14.2 Å². The molecule has 0 unspecified atom stereocenters. The molecule has 1 amide bonds. The number of non-ortho nitro benzene ring substituents is 1. The van der Waals surface area contributed by atoms with Crippen molar-refractivity contribution in [1.29, 1.82) is 0 Å². The number of halogens is 1. The lowest BCUT2D eigenvalue weighted by Gasteiger charge is -2.34. The molecule has 0 aliphatic carbocycles. The molecule has 0 atom stereocenters. The monoisotopic (exact) mass is 378 g/mol. The minimum Gasteiger partial charge on any atom is -0.370 e. The van der Waals surface area contributed by atoms with Crippen molar-refractivity contribution >= 4 is 34.7 Å². The second-order valence-corrected chi connectivity index (χ2v) is 6.83. The van der Waals surface area contributed by atoms with Gasteiger partial charge in [-0.15, -0.1) is 0 Å². The first-order chi connectivity index (χ1) is 12.3. The molecule has 26 heavy (non-hydrogen) atoms. The van der Waals surface area contributed by atoms with Gasteiger partial charge in [-0.25, -0.2) is 0 Å². The van der Waals surface area contributed by atoms with E-state index in [0.717, 1.165) is 11.3 Å². The number of aromatic nitrogens is 1. The molecule has 1 fully saturated rings. The molecule has 0 spiro atoms. The van der Waals surface area contributed by atoms with Crippen molar-refractivity contribution in [3.8, 4) is 0 Å². The molecule has 3 rings (SSSR count). The predicted octanol–water partition coefficient (Wildman–Crippen LogP) is 3.71. The molecule has 1 N–H and O–H groups in total. The fraction of sp³-hybridized carbons (Fsp3) is 0.412. The van der Waals surface area contributed by atoms with E-state index < -0.39 is 4.92 Å². The first-order valence-electron chi connectivity index (χ1n) is 8.29. The molecular formula is C17H19ClN4O4. The average molecular weight is 379 g/mol. The van der Waals surface area contributed by atoms with Gasteiger partial charge < -0.3 is 14.7 Å². The van der Waals surface area contributed by atoms with Gasteiger partial charge in [-0.05, 0) is 32.3 Å². The van der Waals surface area contributed by atoms with Crippen molar-refractivity contribution in [2.45, 2.75) is 26.7 Å². The Hall–Kier alpha value is -2.61. The summed E-state index contributed by atoms with van der Waals surface area (Å²) in [5.74, 6) is 0.854. The Morgan fingerprint density at radius 1 is 1.35 bits per heavy atom. The summed E-state index contributed by atoms with van der Waals surface area (Å²) in [5.41, 5.74) is 1.53. The zero-order chi connectivity index (χ0) is 18.8. The smallest absolute Gasteiger partial charge is 0.271 e. The maximum atomic E-state index is 12.4. The van der Waals surface area contributed by atoms with E-state index in [1.165, 1.54) is 12.1 Å². The normalized spacial score (nSPS) is 15.1. The second kappa shape index (κ2) is 7.33. The molecule has 0 radical (unpaired) electrons. The van der Waals surface area contributed by atoms with E-state index in [1.807, 2.05) is 0 Å².